The van der Waals surface area contributed by atoms with Crippen LogP contribution in [0.4, 0.5) is 0 Å². The highest BCUT2D eigenvalue weighted by molar-refractivity contribution is 7.80. The number of nitrogens with two attached hydrogens (primary N) is 1. The lowest BCUT2D eigenvalue weighted by Gasteiger charge is -2.18. The highest BCUT2D eigenvalue weighted by atomic mass is 32.1. The van der Waals surface area contributed by atoms with E-state index in [1.807, 2.05) is 0 Å². The van der Waals surface area contributed by atoms with Crippen molar-refractivity contribution >= 4 is 17.2 Å². The van der Waals surface area contributed by atoms with Crippen molar-refractivity contribution in [3.63, 3.8) is 0 Å². The van der Waals surface area contributed by atoms with Crippen molar-refractivity contribution < 1.29 is 0 Å². The molecule has 0 aromatic heterocycles. The van der Waals surface area contributed by atoms with Crippen LogP contribution in [0.3, 0.4) is 0 Å². The Labute approximate surface area is 81.1 Å². The number of hydrogen-bond acceptors (Lipinski definition) is 2. The molecule has 0 amide bonds. The zero-order valence-electron chi connectivity index (χ0n) is 8.18. The molecule has 0 fully saturated rings. The smallest absolute Gasteiger partial charge is 0.0727 e. The first kappa shape index (κ1) is 11.8. The van der Waals surface area contributed by atoms with E-state index in [-0.39, 0.29) is 0 Å². The molecule has 0 aliphatic heterocycles. The summed E-state index contributed by atoms with van der Waals surface area (Å²) < 4.78 is 0. The van der Waals surface area contributed by atoms with Crippen molar-refractivity contribution in [1.82, 2.24) is 4.90 Å². The molecule has 0 aliphatic rings. The van der Waals surface area contributed by atoms with Crippen molar-refractivity contribution in [3.05, 3.63) is 0 Å². The minimum atomic E-state index is 0.641. The van der Waals surface area contributed by atoms with Crippen molar-refractivity contribution in [2.45, 2.75) is 33.1 Å². The molecule has 0 heterocycles. The lowest BCUT2D eigenvalue weighted by molar-refractivity contribution is 0.287. The van der Waals surface area contributed by atoms with E-state index in [1.54, 1.807) is 0 Å². The van der Waals surface area contributed by atoms with Crippen LogP contribution in [0.15, 0.2) is 0 Å². The molecule has 0 rings (SSSR count). The van der Waals surface area contributed by atoms with Crippen molar-refractivity contribution in [1.29, 1.82) is 0 Å². The Bertz CT molecular complexity index is 126. The lowest BCUT2D eigenvalue weighted by atomic mass is 10.3. The van der Waals surface area contributed by atoms with Gasteiger partial charge in [-0.25, -0.2) is 0 Å². The monoisotopic (exact) mass is 188 g/mol. The summed E-state index contributed by atoms with van der Waals surface area (Å²) >= 11 is 4.81. The summed E-state index contributed by atoms with van der Waals surface area (Å²) in [6, 6.07) is 0. The first-order chi connectivity index (χ1) is 5.70. The standard InChI is InChI=1S/C9H20N2S/c1-3-7-11(4-2)8-5-6-9(10)12/h3-8H2,1-2H3,(H2,10,12). The second kappa shape index (κ2) is 7.50. The largest absolute Gasteiger partial charge is 0.393 e. The third-order valence-corrected chi connectivity index (χ3v) is 2.09. The average Bonchev–Trinajstić information content (AvgIpc) is 2.02. The number of thiocarbonyl (C=S) groups is 1. The summed E-state index contributed by atoms with van der Waals surface area (Å²) in [6.45, 7) is 7.84. The van der Waals surface area contributed by atoms with Crippen LogP contribution in [0.5, 0.6) is 0 Å². The summed E-state index contributed by atoms with van der Waals surface area (Å²) in [5, 5.41) is 0. The fourth-order valence-corrected chi connectivity index (χ4v) is 1.37. The Morgan fingerprint density at radius 2 is 2.00 bits per heavy atom. The van der Waals surface area contributed by atoms with Gasteiger partial charge in [-0.05, 0) is 38.9 Å². The number of rotatable bonds is 7. The molecule has 0 atom stereocenters. The van der Waals surface area contributed by atoms with E-state index in [4.69, 9.17) is 18.0 Å². The molecule has 0 aromatic carbocycles. The van der Waals surface area contributed by atoms with Gasteiger partial charge in [-0.15, -0.1) is 0 Å². The topological polar surface area (TPSA) is 29.3 Å². The molecule has 0 radical (unpaired) electrons. The molecule has 0 saturated heterocycles. The van der Waals surface area contributed by atoms with Gasteiger partial charge in [0.25, 0.3) is 0 Å². The quantitative estimate of drug-likeness (QED) is 0.618. The third kappa shape index (κ3) is 6.55. The van der Waals surface area contributed by atoms with Gasteiger partial charge in [0.05, 0.1) is 4.99 Å². The predicted octanol–water partition coefficient (Wildman–Crippen LogP) is 1.78. The van der Waals surface area contributed by atoms with Gasteiger partial charge in [0.2, 0.25) is 0 Å². The minimum absolute atomic E-state index is 0.641. The fraction of sp³-hybridized carbons (Fsp3) is 0.889. The molecule has 0 spiro atoms. The van der Waals surface area contributed by atoms with Gasteiger partial charge in [0.15, 0.2) is 0 Å². The first-order valence-corrected chi connectivity index (χ1v) is 5.12. The average molecular weight is 188 g/mol. The van der Waals surface area contributed by atoms with Crippen LogP contribution in [-0.2, 0) is 0 Å². The maximum Gasteiger partial charge on any atom is 0.0727 e. The van der Waals surface area contributed by atoms with Crippen LogP contribution in [-0.4, -0.2) is 29.5 Å². The van der Waals surface area contributed by atoms with Gasteiger partial charge in [0.1, 0.15) is 0 Å². The van der Waals surface area contributed by atoms with E-state index in [1.165, 1.54) is 13.0 Å². The van der Waals surface area contributed by atoms with Gasteiger partial charge in [-0.3, -0.25) is 0 Å². The van der Waals surface area contributed by atoms with E-state index >= 15 is 0 Å². The van der Waals surface area contributed by atoms with Crippen LogP contribution in [0.25, 0.3) is 0 Å². The highest BCUT2D eigenvalue weighted by Crippen LogP contribution is 1.96. The summed E-state index contributed by atoms with van der Waals surface area (Å²) in [5.41, 5.74) is 5.41. The summed E-state index contributed by atoms with van der Waals surface area (Å²) in [4.78, 5) is 3.07. The van der Waals surface area contributed by atoms with Crippen LogP contribution in [0.1, 0.15) is 33.1 Å². The zero-order chi connectivity index (χ0) is 9.40. The van der Waals surface area contributed by atoms with Gasteiger partial charge >= 0.3 is 0 Å². The van der Waals surface area contributed by atoms with E-state index < -0.39 is 0 Å². The molecule has 0 unspecified atom stereocenters. The Kier molecular flexibility index (Phi) is 7.40. The second-order valence-electron chi connectivity index (χ2n) is 3.00. The molecule has 0 aromatic rings. The summed E-state index contributed by atoms with van der Waals surface area (Å²) in [5.74, 6) is 0. The Morgan fingerprint density at radius 1 is 1.33 bits per heavy atom. The Hall–Kier alpha value is -0.150. The third-order valence-electron chi connectivity index (χ3n) is 1.88. The molecule has 0 saturated carbocycles. The van der Waals surface area contributed by atoms with Gasteiger partial charge < -0.3 is 10.6 Å². The SMILES string of the molecule is CCCN(CC)CCCC(N)=S. The van der Waals surface area contributed by atoms with Crippen molar-refractivity contribution in [2.75, 3.05) is 19.6 Å². The normalized spacial score (nSPS) is 10.6. The molecular formula is C9H20N2S. The number of hydrogen-bond donors (Lipinski definition) is 1. The maximum absolute atomic E-state index is 5.41. The van der Waals surface area contributed by atoms with Crippen molar-refractivity contribution in [3.8, 4) is 0 Å². The Morgan fingerprint density at radius 3 is 2.42 bits per heavy atom. The van der Waals surface area contributed by atoms with Crippen LogP contribution in [0.2, 0.25) is 0 Å². The van der Waals surface area contributed by atoms with Crippen molar-refractivity contribution in [2.24, 2.45) is 5.73 Å². The molecule has 2 nitrogen and oxygen atoms in total. The van der Waals surface area contributed by atoms with Crippen LogP contribution in [0, 0.1) is 0 Å². The molecule has 3 heteroatoms. The maximum atomic E-state index is 5.41. The van der Waals surface area contributed by atoms with E-state index in [0.29, 0.717) is 4.99 Å². The lowest BCUT2D eigenvalue weighted by Crippen LogP contribution is -2.26. The summed E-state index contributed by atoms with van der Waals surface area (Å²) in [7, 11) is 0. The summed E-state index contributed by atoms with van der Waals surface area (Å²) in [6.07, 6.45) is 3.21. The molecular weight excluding hydrogens is 168 g/mol. The van der Waals surface area contributed by atoms with Gasteiger partial charge in [-0.1, -0.05) is 26.1 Å². The van der Waals surface area contributed by atoms with Crippen LogP contribution < -0.4 is 5.73 Å². The van der Waals surface area contributed by atoms with Crippen LogP contribution >= 0.6 is 12.2 Å². The van der Waals surface area contributed by atoms with E-state index in [2.05, 4.69) is 18.7 Å². The molecule has 12 heavy (non-hydrogen) atoms. The zero-order valence-corrected chi connectivity index (χ0v) is 8.99. The van der Waals surface area contributed by atoms with Gasteiger partial charge in [0, 0.05) is 0 Å². The van der Waals surface area contributed by atoms with E-state index in [9.17, 15) is 0 Å². The van der Waals surface area contributed by atoms with Gasteiger partial charge in [-0.2, -0.15) is 0 Å². The minimum Gasteiger partial charge on any atom is -0.393 e. The fourth-order valence-electron chi connectivity index (χ4n) is 1.22. The molecule has 0 aliphatic carbocycles. The first-order valence-electron chi connectivity index (χ1n) is 4.71. The predicted molar refractivity (Wildman–Crippen MR) is 58.4 cm³/mol. The second-order valence-corrected chi connectivity index (χ2v) is 3.53. The number of nitrogens with zero attached hydrogens (tertiary/aromatic N) is 1. The molecule has 0 bridgehead atoms. The molecule has 72 valence electrons. The Balaban J connectivity index is 3.37. The molecule has 2 N–H and O–H groups in total. The highest BCUT2D eigenvalue weighted by Gasteiger charge is 1.99. The van der Waals surface area contributed by atoms with E-state index in [0.717, 1.165) is 25.9 Å².